The Bertz CT molecular complexity index is 829. The lowest BCUT2D eigenvalue weighted by atomic mass is 10.2. The summed E-state index contributed by atoms with van der Waals surface area (Å²) >= 11 is 5.92. The largest absolute Gasteiger partial charge is 0.494 e. The van der Waals surface area contributed by atoms with Crippen molar-refractivity contribution in [3.05, 3.63) is 64.6 Å². The average Bonchev–Trinajstić information content (AvgIpc) is 2.97. The van der Waals surface area contributed by atoms with Crippen molar-refractivity contribution in [1.29, 1.82) is 0 Å². The lowest BCUT2D eigenvalue weighted by Crippen LogP contribution is -2.06. The van der Waals surface area contributed by atoms with Gasteiger partial charge in [-0.2, -0.15) is 0 Å². The smallest absolute Gasteiger partial charge is 0.363 e. The number of nitrogens with zero attached hydrogens (tertiary/aromatic N) is 2. The van der Waals surface area contributed by atoms with E-state index in [0.717, 1.165) is 24.2 Å². The minimum absolute atomic E-state index is 0.151. The Morgan fingerprint density at radius 1 is 1.24 bits per heavy atom. The van der Waals surface area contributed by atoms with Crippen molar-refractivity contribution < 1.29 is 14.3 Å². The summed E-state index contributed by atoms with van der Waals surface area (Å²) < 4.78 is 10.8. The average molecular weight is 357 g/mol. The molecule has 0 atom stereocenters. The van der Waals surface area contributed by atoms with Gasteiger partial charge in [0.2, 0.25) is 5.90 Å². The topological polar surface area (TPSA) is 60.8 Å². The quantitative estimate of drug-likeness (QED) is 0.441. The highest BCUT2D eigenvalue weighted by molar-refractivity contribution is 6.31. The Balaban J connectivity index is 1.75. The minimum atomic E-state index is -0.514. The van der Waals surface area contributed by atoms with Crippen LogP contribution in [0.3, 0.4) is 0 Å². The first-order valence-corrected chi connectivity index (χ1v) is 8.41. The number of aliphatic imine (C=N–C) groups is 1. The van der Waals surface area contributed by atoms with Crippen LogP contribution in [0.4, 0.5) is 0 Å². The zero-order valence-electron chi connectivity index (χ0n) is 13.7. The molecule has 0 N–H and O–H groups in total. The molecule has 3 rings (SSSR count). The van der Waals surface area contributed by atoms with Gasteiger partial charge < -0.3 is 9.47 Å². The third-order valence-electron chi connectivity index (χ3n) is 3.51. The molecule has 0 saturated heterocycles. The van der Waals surface area contributed by atoms with Crippen LogP contribution in [0.5, 0.6) is 5.75 Å². The molecule has 2 heterocycles. The van der Waals surface area contributed by atoms with Crippen molar-refractivity contribution in [1.82, 2.24) is 4.98 Å². The number of benzene rings is 1. The number of carbonyl (C=O) groups is 1. The first-order chi connectivity index (χ1) is 12.2. The zero-order valence-corrected chi connectivity index (χ0v) is 14.5. The van der Waals surface area contributed by atoms with Crippen LogP contribution in [0.15, 0.2) is 53.3 Å². The summed E-state index contributed by atoms with van der Waals surface area (Å²) in [6.45, 7) is 2.82. The fourth-order valence-electron chi connectivity index (χ4n) is 2.19. The fourth-order valence-corrected chi connectivity index (χ4v) is 2.35. The summed E-state index contributed by atoms with van der Waals surface area (Å²) in [5, 5.41) is 0.500. The second-order valence-corrected chi connectivity index (χ2v) is 5.90. The molecule has 0 unspecified atom stereocenters. The van der Waals surface area contributed by atoms with Gasteiger partial charge in [0, 0.05) is 11.2 Å². The van der Waals surface area contributed by atoms with E-state index >= 15 is 0 Å². The highest BCUT2D eigenvalue weighted by atomic mass is 35.5. The molecule has 1 aliphatic heterocycles. The first kappa shape index (κ1) is 17.2. The molecule has 1 aliphatic rings. The van der Waals surface area contributed by atoms with E-state index in [0.29, 0.717) is 17.3 Å². The molecule has 0 aliphatic carbocycles. The number of aromatic nitrogens is 1. The van der Waals surface area contributed by atoms with Crippen LogP contribution in [0.2, 0.25) is 5.02 Å². The van der Waals surface area contributed by atoms with E-state index in [1.54, 1.807) is 18.2 Å². The van der Waals surface area contributed by atoms with E-state index in [9.17, 15) is 4.79 Å². The second kappa shape index (κ2) is 7.94. The highest BCUT2D eigenvalue weighted by Gasteiger charge is 2.25. The molecule has 2 aromatic rings. The van der Waals surface area contributed by atoms with E-state index in [-0.39, 0.29) is 11.6 Å². The molecule has 0 amide bonds. The molecular formula is C19H17ClN2O3. The molecule has 1 aromatic heterocycles. The van der Waals surface area contributed by atoms with Crippen LogP contribution >= 0.6 is 11.6 Å². The number of carbonyl (C=O) groups excluding carboxylic acids is 1. The molecule has 0 spiro atoms. The molecule has 1 aromatic carbocycles. The number of unbranched alkanes of at least 4 members (excludes halogenated alkanes) is 1. The molecule has 0 saturated carbocycles. The molecule has 5 nitrogen and oxygen atoms in total. The van der Waals surface area contributed by atoms with Crippen LogP contribution in [0.25, 0.3) is 6.08 Å². The molecule has 0 fully saturated rings. The standard InChI is InChI=1S/C19H17ClN2O3/c1-2-3-10-24-15-6-4-13(5-7-15)11-17-19(23)25-18(22-17)16-12-14(20)8-9-21-16/h4-9,11-12H,2-3,10H2,1H3/b17-11-. The summed E-state index contributed by atoms with van der Waals surface area (Å²) in [4.78, 5) is 20.3. The summed E-state index contributed by atoms with van der Waals surface area (Å²) in [7, 11) is 0. The predicted octanol–water partition coefficient (Wildman–Crippen LogP) is 4.26. The molecule has 128 valence electrons. The number of ether oxygens (including phenoxy) is 2. The maximum atomic E-state index is 12.0. The number of rotatable bonds is 6. The molecule has 0 bridgehead atoms. The maximum absolute atomic E-state index is 12.0. The summed E-state index contributed by atoms with van der Waals surface area (Å²) in [5.41, 5.74) is 1.47. The number of hydrogen-bond acceptors (Lipinski definition) is 5. The van der Waals surface area contributed by atoms with Crippen molar-refractivity contribution in [2.75, 3.05) is 6.61 Å². The first-order valence-electron chi connectivity index (χ1n) is 8.03. The van der Waals surface area contributed by atoms with Crippen LogP contribution in [0.1, 0.15) is 31.0 Å². The van der Waals surface area contributed by atoms with E-state index in [2.05, 4.69) is 16.9 Å². The third-order valence-corrected chi connectivity index (χ3v) is 3.75. The summed E-state index contributed by atoms with van der Waals surface area (Å²) in [5.74, 6) is 0.440. The number of pyridine rings is 1. The van der Waals surface area contributed by atoms with Crippen LogP contribution in [0, 0.1) is 0 Å². The SMILES string of the molecule is CCCCOc1ccc(/C=C2\N=C(c3cc(Cl)ccn3)OC2=O)cc1. The van der Waals surface area contributed by atoms with Gasteiger partial charge in [0.1, 0.15) is 11.4 Å². The van der Waals surface area contributed by atoms with Gasteiger partial charge in [-0.25, -0.2) is 9.79 Å². The van der Waals surface area contributed by atoms with Gasteiger partial charge in [-0.15, -0.1) is 0 Å². The van der Waals surface area contributed by atoms with Gasteiger partial charge in [0.25, 0.3) is 0 Å². The van der Waals surface area contributed by atoms with Crippen molar-refractivity contribution in [3.8, 4) is 5.75 Å². The Morgan fingerprint density at radius 3 is 2.76 bits per heavy atom. The monoisotopic (exact) mass is 356 g/mol. The minimum Gasteiger partial charge on any atom is -0.494 e. The second-order valence-electron chi connectivity index (χ2n) is 5.47. The Morgan fingerprint density at radius 2 is 2.04 bits per heavy atom. The van der Waals surface area contributed by atoms with Gasteiger partial charge in [0.05, 0.1) is 6.61 Å². The van der Waals surface area contributed by atoms with E-state index in [1.807, 2.05) is 24.3 Å². The van der Waals surface area contributed by atoms with Crippen LogP contribution in [-0.2, 0) is 9.53 Å². The van der Waals surface area contributed by atoms with E-state index < -0.39 is 5.97 Å². The van der Waals surface area contributed by atoms with E-state index in [4.69, 9.17) is 21.1 Å². The van der Waals surface area contributed by atoms with Gasteiger partial charge in [-0.05, 0) is 42.3 Å². The molecule has 6 heteroatoms. The Labute approximate surface area is 151 Å². The van der Waals surface area contributed by atoms with Crippen molar-refractivity contribution >= 4 is 29.5 Å². The third kappa shape index (κ3) is 4.45. The fraction of sp³-hybridized carbons (Fsp3) is 0.211. The number of esters is 1. The lowest BCUT2D eigenvalue weighted by Gasteiger charge is -2.05. The molecule has 0 radical (unpaired) electrons. The van der Waals surface area contributed by atoms with Crippen molar-refractivity contribution in [2.24, 2.45) is 4.99 Å². The number of hydrogen-bond donors (Lipinski definition) is 0. The highest BCUT2D eigenvalue weighted by Crippen LogP contribution is 2.21. The van der Waals surface area contributed by atoms with Crippen molar-refractivity contribution in [2.45, 2.75) is 19.8 Å². The van der Waals surface area contributed by atoms with Gasteiger partial charge in [-0.3, -0.25) is 4.98 Å². The normalized spacial score (nSPS) is 15.2. The van der Waals surface area contributed by atoms with Gasteiger partial charge >= 0.3 is 5.97 Å². The number of cyclic esters (lactones) is 1. The Hall–Kier alpha value is -2.66. The zero-order chi connectivity index (χ0) is 17.6. The molecule has 25 heavy (non-hydrogen) atoms. The summed E-state index contributed by atoms with van der Waals surface area (Å²) in [6.07, 6.45) is 5.31. The van der Waals surface area contributed by atoms with Crippen molar-refractivity contribution in [3.63, 3.8) is 0 Å². The number of halogens is 1. The van der Waals surface area contributed by atoms with Gasteiger partial charge in [-0.1, -0.05) is 37.1 Å². The van der Waals surface area contributed by atoms with E-state index in [1.165, 1.54) is 6.20 Å². The molecular weight excluding hydrogens is 340 g/mol. The van der Waals surface area contributed by atoms with Crippen LogP contribution in [-0.4, -0.2) is 23.5 Å². The Kier molecular flexibility index (Phi) is 5.46. The van der Waals surface area contributed by atoms with Crippen LogP contribution < -0.4 is 4.74 Å². The maximum Gasteiger partial charge on any atom is 0.363 e. The predicted molar refractivity (Wildman–Crippen MR) is 96.7 cm³/mol. The van der Waals surface area contributed by atoms with Gasteiger partial charge in [0.15, 0.2) is 5.70 Å². The lowest BCUT2D eigenvalue weighted by molar-refractivity contribution is -0.129. The summed E-state index contributed by atoms with van der Waals surface area (Å²) in [6, 6.07) is 10.7.